The molecule has 2 aliphatic heterocycles. The molecule has 0 bridgehead atoms. The first kappa shape index (κ1) is 25.9. The highest BCUT2D eigenvalue weighted by Crippen LogP contribution is 2.29. The molecule has 0 radical (unpaired) electrons. The Balaban J connectivity index is 1.97. The first-order chi connectivity index (χ1) is 14.3. The van der Waals surface area contributed by atoms with Gasteiger partial charge in [0.15, 0.2) is 12.6 Å². The zero-order valence-electron chi connectivity index (χ0n) is 17.7. The van der Waals surface area contributed by atoms with Gasteiger partial charge in [0, 0.05) is 6.61 Å². The van der Waals surface area contributed by atoms with E-state index in [-0.39, 0.29) is 0 Å². The van der Waals surface area contributed by atoms with Crippen LogP contribution >= 0.6 is 0 Å². The van der Waals surface area contributed by atoms with Crippen LogP contribution in [0.5, 0.6) is 0 Å². The van der Waals surface area contributed by atoms with Crippen LogP contribution in [0.4, 0.5) is 0 Å². The first-order valence-electron chi connectivity index (χ1n) is 10.9. The number of aliphatic hydroxyl groups excluding tert-OH is 6. The van der Waals surface area contributed by atoms with Crippen molar-refractivity contribution in [3.63, 3.8) is 0 Å². The maximum Gasteiger partial charge on any atom is 0.187 e. The molecule has 0 amide bonds. The van der Waals surface area contributed by atoms with Crippen LogP contribution in [0, 0.1) is 0 Å². The highest BCUT2D eigenvalue weighted by atomic mass is 16.8. The fourth-order valence-corrected chi connectivity index (χ4v) is 3.70. The molecule has 2 fully saturated rings. The van der Waals surface area contributed by atoms with Gasteiger partial charge >= 0.3 is 0 Å². The standard InChI is InChI=1S/C20H38O10/c1-3-4-5-6-7-8-9-27-20-18(16(25)14(23)12(10-21)29-20)30-19-17(26)15(24)13(22)11(2)28-19/h11-26H,3-10H2,1-2H3/t11-,12+,13+,14-,15+,16+,17-,18+,19-,20+/m0/s1. The lowest BCUT2D eigenvalue weighted by molar-refractivity contribution is -0.364. The fourth-order valence-electron chi connectivity index (χ4n) is 3.70. The molecule has 0 saturated carbocycles. The molecule has 30 heavy (non-hydrogen) atoms. The van der Waals surface area contributed by atoms with Crippen molar-refractivity contribution in [1.82, 2.24) is 0 Å². The average Bonchev–Trinajstić information content (AvgIpc) is 2.74. The monoisotopic (exact) mass is 438 g/mol. The lowest BCUT2D eigenvalue weighted by Gasteiger charge is -2.45. The number of hydrogen-bond donors (Lipinski definition) is 6. The van der Waals surface area contributed by atoms with Crippen molar-refractivity contribution in [3.05, 3.63) is 0 Å². The predicted octanol–water partition coefficient (Wildman–Crippen LogP) is -0.985. The van der Waals surface area contributed by atoms with Gasteiger partial charge in [0.1, 0.15) is 42.7 Å². The Bertz CT molecular complexity index is 481. The van der Waals surface area contributed by atoms with Gasteiger partial charge in [-0.1, -0.05) is 39.0 Å². The molecule has 2 rings (SSSR count). The third-order valence-corrected chi connectivity index (χ3v) is 5.70. The largest absolute Gasteiger partial charge is 0.394 e. The maximum absolute atomic E-state index is 10.5. The summed E-state index contributed by atoms with van der Waals surface area (Å²) in [4.78, 5) is 0. The van der Waals surface area contributed by atoms with Crippen LogP contribution < -0.4 is 0 Å². The second-order valence-corrected chi connectivity index (χ2v) is 8.13. The van der Waals surface area contributed by atoms with Crippen molar-refractivity contribution in [2.45, 2.75) is 114 Å². The molecule has 10 nitrogen and oxygen atoms in total. The summed E-state index contributed by atoms with van der Waals surface area (Å²) in [5.74, 6) is 0. The number of unbranched alkanes of at least 4 members (excludes halogenated alkanes) is 5. The van der Waals surface area contributed by atoms with Gasteiger partial charge in [0.2, 0.25) is 0 Å². The summed E-state index contributed by atoms with van der Waals surface area (Å²) >= 11 is 0. The topological polar surface area (TPSA) is 158 Å². The molecule has 2 heterocycles. The molecule has 6 N–H and O–H groups in total. The summed E-state index contributed by atoms with van der Waals surface area (Å²) in [5, 5.41) is 60.1. The van der Waals surface area contributed by atoms with E-state index < -0.39 is 68.0 Å². The lowest BCUT2D eigenvalue weighted by atomic mass is 9.97. The van der Waals surface area contributed by atoms with Gasteiger partial charge in [-0.25, -0.2) is 0 Å². The van der Waals surface area contributed by atoms with Gasteiger partial charge in [-0.15, -0.1) is 0 Å². The number of aliphatic hydroxyl groups is 6. The molecular weight excluding hydrogens is 400 g/mol. The minimum Gasteiger partial charge on any atom is -0.394 e. The van der Waals surface area contributed by atoms with Crippen molar-refractivity contribution in [2.24, 2.45) is 0 Å². The van der Waals surface area contributed by atoms with Crippen molar-refractivity contribution >= 4 is 0 Å². The number of ether oxygens (including phenoxy) is 4. The van der Waals surface area contributed by atoms with E-state index in [1.807, 2.05) is 0 Å². The van der Waals surface area contributed by atoms with E-state index in [1.165, 1.54) is 13.3 Å². The summed E-state index contributed by atoms with van der Waals surface area (Å²) in [6.45, 7) is 3.46. The molecular formula is C20H38O10. The van der Waals surface area contributed by atoms with E-state index in [2.05, 4.69) is 6.92 Å². The van der Waals surface area contributed by atoms with E-state index >= 15 is 0 Å². The Morgan fingerprint density at radius 3 is 2.07 bits per heavy atom. The normalized spacial score (nSPS) is 42.4. The maximum atomic E-state index is 10.5. The lowest BCUT2D eigenvalue weighted by Crippen LogP contribution is -2.64. The highest BCUT2D eigenvalue weighted by molar-refractivity contribution is 4.93. The van der Waals surface area contributed by atoms with Crippen LogP contribution in [-0.2, 0) is 18.9 Å². The molecule has 10 atom stereocenters. The molecule has 0 aromatic rings. The SMILES string of the molecule is CCCCCCCCO[C@@H]1O[C@H](CO)[C@H](O)[C@@H](O)[C@H]1O[C@@H]1O[C@@H](C)[C@@H](O)[C@@H](O)[C@@H]1O. The third-order valence-electron chi connectivity index (χ3n) is 5.70. The van der Waals surface area contributed by atoms with E-state index in [1.54, 1.807) is 0 Å². The summed E-state index contributed by atoms with van der Waals surface area (Å²) in [6, 6.07) is 0. The van der Waals surface area contributed by atoms with Crippen LogP contribution in [0.25, 0.3) is 0 Å². The van der Waals surface area contributed by atoms with Gasteiger partial charge in [0.25, 0.3) is 0 Å². The van der Waals surface area contributed by atoms with Crippen molar-refractivity contribution in [1.29, 1.82) is 0 Å². The van der Waals surface area contributed by atoms with Gasteiger partial charge in [0.05, 0.1) is 12.7 Å². The van der Waals surface area contributed by atoms with Crippen molar-refractivity contribution in [3.8, 4) is 0 Å². The second kappa shape index (κ2) is 12.6. The molecule has 0 unspecified atom stereocenters. The number of hydrogen-bond acceptors (Lipinski definition) is 10. The highest BCUT2D eigenvalue weighted by Gasteiger charge is 2.50. The van der Waals surface area contributed by atoms with Crippen LogP contribution in [0.1, 0.15) is 52.4 Å². The van der Waals surface area contributed by atoms with Gasteiger partial charge in [-0.2, -0.15) is 0 Å². The Labute approximate surface area is 177 Å². The Morgan fingerprint density at radius 1 is 0.733 bits per heavy atom. The van der Waals surface area contributed by atoms with Crippen LogP contribution in [0.2, 0.25) is 0 Å². The minimum atomic E-state index is -1.57. The van der Waals surface area contributed by atoms with Gasteiger partial charge in [-0.05, 0) is 13.3 Å². The van der Waals surface area contributed by atoms with Crippen molar-refractivity contribution in [2.75, 3.05) is 13.2 Å². The smallest absolute Gasteiger partial charge is 0.187 e. The molecule has 10 heteroatoms. The predicted molar refractivity (Wildman–Crippen MR) is 104 cm³/mol. The van der Waals surface area contributed by atoms with E-state index in [9.17, 15) is 30.6 Å². The van der Waals surface area contributed by atoms with Gasteiger partial charge < -0.3 is 49.6 Å². The Morgan fingerprint density at radius 2 is 1.40 bits per heavy atom. The zero-order valence-corrected chi connectivity index (χ0v) is 17.7. The number of rotatable bonds is 11. The quantitative estimate of drug-likeness (QED) is 0.221. The molecule has 2 aliphatic rings. The molecule has 0 aliphatic carbocycles. The van der Waals surface area contributed by atoms with Gasteiger partial charge in [-0.3, -0.25) is 0 Å². The van der Waals surface area contributed by atoms with Crippen LogP contribution in [0.3, 0.4) is 0 Å². The van der Waals surface area contributed by atoms with Crippen molar-refractivity contribution < 1.29 is 49.6 Å². The van der Waals surface area contributed by atoms with Crippen LogP contribution in [-0.4, -0.2) is 105 Å². The Hall–Kier alpha value is -0.400. The summed E-state index contributed by atoms with van der Waals surface area (Å²) in [5.41, 5.74) is 0. The van der Waals surface area contributed by atoms with E-state index in [4.69, 9.17) is 18.9 Å². The fraction of sp³-hybridized carbons (Fsp3) is 1.00. The molecule has 178 valence electrons. The second-order valence-electron chi connectivity index (χ2n) is 8.13. The van der Waals surface area contributed by atoms with E-state index in [0.29, 0.717) is 6.61 Å². The Kier molecular flexibility index (Phi) is 10.9. The summed E-state index contributed by atoms with van der Waals surface area (Å²) < 4.78 is 22.4. The minimum absolute atomic E-state index is 0.323. The molecule has 0 aromatic heterocycles. The third kappa shape index (κ3) is 6.55. The summed E-state index contributed by atoms with van der Waals surface area (Å²) in [7, 11) is 0. The molecule has 0 aromatic carbocycles. The van der Waals surface area contributed by atoms with Crippen LogP contribution in [0.15, 0.2) is 0 Å². The first-order valence-corrected chi connectivity index (χ1v) is 10.9. The molecule has 2 saturated heterocycles. The summed E-state index contributed by atoms with van der Waals surface area (Å²) in [6.07, 6.45) is -6.59. The zero-order chi connectivity index (χ0) is 22.3. The van der Waals surface area contributed by atoms with E-state index in [0.717, 1.165) is 32.1 Å². The molecule has 0 spiro atoms. The average molecular weight is 439 g/mol.